The number of benzene rings is 2. The Labute approximate surface area is 143 Å². The molecule has 3 rings (SSSR count). The van der Waals surface area contributed by atoms with E-state index in [9.17, 15) is 9.59 Å². The highest BCUT2D eigenvalue weighted by Gasteiger charge is 2.09. The number of nitrogens with zero attached hydrogens (tertiary/aromatic N) is 3. The van der Waals surface area contributed by atoms with Crippen molar-refractivity contribution in [3.63, 3.8) is 0 Å². The fraction of sp³-hybridized carbons (Fsp3) is 0.0588. The zero-order chi connectivity index (χ0) is 17.6. The topological polar surface area (TPSA) is 98.1 Å². The third kappa shape index (κ3) is 3.99. The number of methoxy groups -OCH3 is 1. The minimum atomic E-state index is -0.598. The molecule has 0 spiro atoms. The van der Waals surface area contributed by atoms with Crippen LogP contribution in [-0.4, -0.2) is 33.9 Å². The van der Waals surface area contributed by atoms with E-state index in [0.717, 1.165) is 5.69 Å². The molecule has 0 radical (unpaired) electrons. The number of carbonyl (C=O) groups excluding carboxylic acids is 2. The van der Waals surface area contributed by atoms with Crippen molar-refractivity contribution in [2.45, 2.75) is 0 Å². The molecular weight excluding hydrogens is 322 g/mol. The minimum absolute atomic E-state index is 0.297. The fourth-order valence-corrected chi connectivity index (χ4v) is 2.19. The molecule has 2 aromatic carbocycles. The first-order chi connectivity index (χ1) is 12.2. The lowest BCUT2D eigenvalue weighted by Crippen LogP contribution is -2.14. The first-order valence-electron chi connectivity index (χ1n) is 7.37. The van der Waals surface area contributed by atoms with E-state index in [1.165, 1.54) is 7.11 Å². The van der Waals surface area contributed by atoms with Crippen LogP contribution in [-0.2, 0) is 4.74 Å². The fourth-order valence-electron chi connectivity index (χ4n) is 2.19. The molecule has 0 aliphatic rings. The van der Waals surface area contributed by atoms with Crippen LogP contribution in [0.15, 0.2) is 61.2 Å². The van der Waals surface area contributed by atoms with Gasteiger partial charge in [-0.3, -0.25) is 14.7 Å². The normalized spacial score (nSPS) is 10.1. The van der Waals surface area contributed by atoms with Gasteiger partial charge in [-0.1, -0.05) is 12.1 Å². The average molecular weight is 337 g/mol. The maximum Gasteiger partial charge on any atom is 0.411 e. The summed E-state index contributed by atoms with van der Waals surface area (Å²) in [5, 5.41) is 12.9. The highest BCUT2D eigenvalue weighted by molar-refractivity contribution is 6.05. The lowest BCUT2D eigenvalue weighted by molar-refractivity contribution is 0.102. The van der Waals surface area contributed by atoms with Gasteiger partial charge in [-0.05, 0) is 36.4 Å². The van der Waals surface area contributed by atoms with Crippen LogP contribution in [0.3, 0.4) is 0 Å². The molecule has 126 valence electrons. The van der Waals surface area contributed by atoms with Crippen molar-refractivity contribution in [2.75, 3.05) is 17.7 Å². The Morgan fingerprint density at radius 3 is 2.36 bits per heavy atom. The highest BCUT2D eigenvalue weighted by Crippen LogP contribution is 2.17. The Kier molecular flexibility index (Phi) is 4.70. The molecule has 0 aliphatic heterocycles. The largest absolute Gasteiger partial charge is 0.453 e. The SMILES string of the molecule is COC(=O)Nc1cccc(C(=O)Nc2cccc(-n3cnnc3)c2)c1. The Hall–Kier alpha value is -3.68. The van der Waals surface area contributed by atoms with Crippen LogP contribution in [0.1, 0.15) is 10.4 Å². The molecule has 0 saturated carbocycles. The van der Waals surface area contributed by atoms with Crippen LogP contribution in [0, 0.1) is 0 Å². The summed E-state index contributed by atoms with van der Waals surface area (Å²) >= 11 is 0. The van der Waals surface area contributed by atoms with E-state index in [2.05, 4.69) is 25.6 Å². The standard InChI is InChI=1S/C17H15N5O3/c1-25-17(24)21-13-5-2-4-12(8-13)16(23)20-14-6-3-7-15(9-14)22-10-18-19-11-22/h2-11H,1H3,(H,20,23)(H,21,24). The summed E-state index contributed by atoms with van der Waals surface area (Å²) in [6.45, 7) is 0. The number of amides is 2. The van der Waals surface area contributed by atoms with Crippen LogP contribution in [0.5, 0.6) is 0 Å². The zero-order valence-electron chi connectivity index (χ0n) is 13.3. The third-order valence-corrected chi connectivity index (χ3v) is 3.38. The van der Waals surface area contributed by atoms with Crippen molar-refractivity contribution in [1.82, 2.24) is 14.8 Å². The van der Waals surface area contributed by atoms with E-state index in [1.54, 1.807) is 53.6 Å². The lowest BCUT2D eigenvalue weighted by Gasteiger charge is -2.09. The van der Waals surface area contributed by atoms with Gasteiger partial charge in [0.05, 0.1) is 12.8 Å². The smallest absolute Gasteiger partial charge is 0.411 e. The maximum absolute atomic E-state index is 12.4. The molecule has 8 nitrogen and oxygen atoms in total. The van der Waals surface area contributed by atoms with E-state index < -0.39 is 6.09 Å². The molecule has 0 atom stereocenters. The molecule has 0 fully saturated rings. The number of anilines is 2. The highest BCUT2D eigenvalue weighted by atomic mass is 16.5. The molecule has 1 aromatic heterocycles. The molecule has 0 unspecified atom stereocenters. The summed E-state index contributed by atoms with van der Waals surface area (Å²) in [7, 11) is 1.27. The number of hydrogen-bond donors (Lipinski definition) is 2. The summed E-state index contributed by atoms with van der Waals surface area (Å²) in [4.78, 5) is 23.7. The van der Waals surface area contributed by atoms with Gasteiger partial charge < -0.3 is 10.1 Å². The monoisotopic (exact) mass is 337 g/mol. The number of ether oxygens (including phenoxy) is 1. The van der Waals surface area contributed by atoms with Gasteiger partial charge in [0, 0.05) is 16.9 Å². The van der Waals surface area contributed by atoms with Gasteiger partial charge in [-0.15, -0.1) is 10.2 Å². The maximum atomic E-state index is 12.4. The first kappa shape index (κ1) is 16.2. The summed E-state index contributed by atoms with van der Waals surface area (Å²) in [6.07, 6.45) is 2.55. The molecule has 2 amide bonds. The molecule has 1 heterocycles. The van der Waals surface area contributed by atoms with Gasteiger partial charge in [0.15, 0.2) is 0 Å². The summed E-state index contributed by atoms with van der Waals surface area (Å²) in [6, 6.07) is 13.8. The first-order valence-corrected chi connectivity index (χ1v) is 7.37. The molecule has 8 heteroatoms. The van der Waals surface area contributed by atoms with Crippen molar-refractivity contribution in [3.05, 3.63) is 66.7 Å². The Morgan fingerprint density at radius 1 is 0.960 bits per heavy atom. The summed E-state index contributed by atoms with van der Waals surface area (Å²) in [5.74, 6) is -0.297. The number of carbonyl (C=O) groups is 2. The Bertz CT molecular complexity index is 893. The van der Waals surface area contributed by atoms with E-state index >= 15 is 0 Å². The van der Waals surface area contributed by atoms with Crippen LogP contribution < -0.4 is 10.6 Å². The van der Waals surface area contributed by atoms with Crippen LogP contribution in [0.4, 0.5) is 16.2 Å². The third-order valence-electron chi connectivity index (χ3n) is 3.38. The van der Waals surface area contributed by atoms with Crippen LogP contribution >= 0.6 is 0 Å². The second-order valence-electron chi connectivity index (χ2n) is 5.07. The van der Waals surface area contributed by atoms with Crippen molar-refractivity contribution in [3.8, 4) is 5.69 Å². The second-order valence-corrected chi connectivity index (χ2v) is 5.07. The zero-order valence-corrected chi connectivity index (χ0v) is 13.3. The van der Waals surface area contributed by atoms with E-state index in [0.29, 0.717) is 16.9 Å². The quantitative estimate of drug-likeness (QED) is 0.763. The summed E-state index contributed by atoms with van der Waals surface area (Å²) in [5.41, 5.74) is 2.33. The predicted molar refractivity (Wildman–Crippen MR) is 91.8 cm³/mol. The van der Waals surface area contributed by atoms with Gasteiger partial charge in [0.25, 0.3) is 5.91 Å². The molecule has 0 saturated heterocycles. The molecule has 3 aromatic rings. The summed E-state index contributed by atoms with van der Waals surface area (Å²) < 4.78 is 6.27. The average Bonchev–Trinajstić information content (AvgIpc) is 3.17. The second kappa shape index (κ2) is 7.26. The van der Waals surface area contributed by atoms with Crippen molar-refractivity contribution < 1.29 is 14.3 Å². The molecule has 2 N–H and O–H groups in total. The van der Waals surface area contributed by atoms with Crippen LogP contribution in [0.2, 0.25) is 0 Å². The van der Waals surface area contributed by atoms with Gasteiger partial charge in [0.2, 0.25) is 0 Å². The van der Waals surface area contributed by atoms with Crippen molar-refractivity contribution in [1.29, 1.82) is 0 Å². The lowest BCUT2D eigenvalue weighted by atomic mass is 10.2. The predicted octanol–water partition coefficient (Wildman–Crippen LogP) is 2.70. The van der Waals surface area contributed by atoms with Gasteiger partial charge in [0.1, 0.15) is 12.7 Å². The Morgan fingerprint density at radius 2 is 1.64 bits per heavy atom. The van der Waals surface area contributed by atoms with Gasteiger partial charge in [-0.2, -0.15) is 0 Å². The van der Waals surface area contributed by atoms with E-state index in [1.807, 2.05) is 12.1 Å². The molecular formula is C17H15N5O3. The van der Waals surface area contributed by atoms with Crippen molar-refractivity contribution in [2.24, 2.45) is 0 Å². The number of nitrogens with one attached hydrogen (secondary N) is 2. The molecule has 25 heavy (non-hydrogen) atoms. The number of aromatic nitrogens is 3. The molecule has 0 aliphatic carbocycles. The minimum Gasteiger partial charge on any atom is -0.453 e. The van der Waals surface area contributed by atoms with Crippen molar-refractivity contribution >= 4 is 23.4 Å². The van der Waals surface area contributed by atoms with Crippen LogP contribution in [0.25, 0.3) is 5.69 Å². The van der Waals surface area contributed by atoms with E-state index in [4.69, 9.17) is 0 Å². The number of rotatable bonds is 4. The number of hydrogen-bond acceptors (Lipinski definition) is 5. The Balaban J connectivity index is 1.75. The van der Waals surface area contributed by atoms with Gasteiger partial charge in [-0.25, -0.2) is 4.79 Å². The molecule has 0 bridgehead atoms. The van der Waals surface area contributed by atoms with E-state index in [-0.39, 0.29) is 5.91 Å². The van der Waals surface area contributed by atoms with Gasteiger partial charge >= 0.3 is 6.09 Å².